The van der Waals surface area contributed by atoms with E-state index >= 15 is 0 Å². The van der Waals surface area contributed by atoms with E-state index in [1.807, 2.05) is 25.3 Å². The van der Waals surface area contributed by atoms with Gasteiger partial charge in [-0.25, -0.2) is 0 Å². The highest BCUT2D eigenvalue weighted by molar-refractivity contribution is 5.85. The molecule has 12 heterocycles. The summed E-state index contributed by atoms with van der Waals surface area (Å²) in [6.45, 7) is 20.2. The predicted octanol–water partition coefficient (Wildman–Crippen LogP) is 14.0. The molecular formula is C63H85N3O6. The quantitative estimate of drug-likeness (QED) is 0.141. The minimum absolute atomic E-state index is 0.579. The van der Waals surface area contributed by atoms with Crippen molar-refractivity contribution in [3.05, 3.63) is 88.0 Å². The van der Waals surface area contributed by atoms with Crippen molar-refractivity contribution in [1.29, 1.82) is 0 Å². The first kappa shape index (κ1) is 48.7. The predicted molar refractivity (Wildman–Crippen MR) is 288 cm³/mol. The topological polar surface area (TPSA) is 76.8 Å². The van der Waals surface area contributed by atoms with E-state index in [9.17, 15) is 0 Å². The third kappa shape index (κ3) is 8.18. The summed E-state index contributed by atoms with van der Waals surface area (Å²) in [7, 11) is 5.22. The molecule has 18 atom stereocenters. The van der Waals surface area contributed by atoms with Gasteiger partial charge in [-0.15, -0.1) is 0 Å². The maximum absolute atomic E-state index is 6.47. The summed E-state index contributed by atoms with van der Waals surface area (Å²) in [4.78, 5) is 8.49. The number of methoxy groups -OCH3 is 3. The van der Waals surface area contributed by atoms with Gasteiger partial charge in [-0.05, 0) is 169 Å². The number of hydrogen-bond acceptors (Lipinski definition) is 9. The van der Waals surface area contributed by atoms with E-state index in [2.05, 4.69) is 86.6 Å². The molecule has 0 amide bonds. The van der Waals surface area contributed by atoms with E-state index in [-0.39, 0.29) is 0 Å². The van der Waals surface area contributed by atoms with Crippen LogP contribution < -0.4 is 9.47 Å². The molecule has 9 fully saturated rings. The van der Waals surface area contributed by atoms with Gasteiger partial charge in [0.05, 0.1) is 33.4 Å². The van der Waals surface area contributed by atoms with Crippen molar-refractivity contribution >= 4 is 28.0 Å². The number of fused-ring (bicyclic) bond motifs is 10. The zero-order valence-corrected chi connectivity index (χ0v) is 45.4. The van der Waals surface area contributed by atoms with Crippen LogP contribution in [-0.2, 0) is 24.0 Å². The normalized spacial score (nSPS) is 37.5. The van der Waals surface area contributed by atoms with Crippen LogP contribution in [0.25, 0.3) is 28.0 Å². The van der Waals surface area contributed by atoms with Gasteiger partial charge in [0, 0.05) is 107 Å². The minimum atomic E-state index is 0.579. The number of rotatable bonds is 8. The number of allylic oxidation sites excluding steroid dienone is 1. The van der Waals surface area contributed by atoms with Gasteiger partial charge in [-0.2, -0.15) is 0 Å². The van der Waals surface area contributed by atoms with Gasteiger partial charge in [0.1, 0.15) is 39.9 Å². The second kappa shape index (κ2) is 19.5. The Bertz CT molecular complexity index is 2780. The molecular weight excluding hydrogens is 895 g/mol. The molecule has 12 aliphatic rings. The number of furan rings is 3. The first-order valence-corrected chi connectivity index (χ1v) is 28.8. The van der Waals surface area contributed by atoms with Crippen LogP contribution in [0.5, 0.6) is 11.5 Å². The Morgan fingerprint density at radius 3 is 1.71 bits per heavy atom. The van der Waals surface area contributed by atoms with Crippen LogP contribution in [0.15, 0.2) is 61.7 Å². The van der Waals surface area contributed by atoms with E-state index < -0.39 is 0 Å². The summed E-state index contributed by atoms with van der Waals surface area (Å²) < 4.78 is 35.4. The summed E-state index contributed by atoms with van der Waals surface area (Å²) in [6.07, 6.45) is 20.9. The molecule has 9 nitrogen and oxygen atoms in total. The van der Waals surface area contributed by atoms with Crippen LogP contribution in [0.4, 0.5) is 0 Å². The van der Waals surface area contributed by atoms with Crippen molar-refractivity contribution in [2.45, 2.75) is 186 Å². The zero-order chi connectivity index (χ0) is 49.7. The summed E-state index contributed by atoms with van der Waals surface area (Å²) in [5, 5.41) is 2.54. The van der Waals surface area contributed by atoms with Crippen molar-refractivity contribution in [1.82, 2.24) is 14.7 Å². The average molecular weight is 980 g/mol. The smallest absolute Gasteiger partial charge is 0.134 e. The van der Waals surface area contributed by atoms with Crippen molar-refractivity contribution in [3.63, 3.8) is 0 Å². The number of benzene rings is 2. The fourth-order valence-corrected chi connectivity index (χ4v) is 17.6. The summed E-state index contributed by atoms with van der Waals surface area (Å²) in [5.74, 6) is 13.5. The number of ether oxygens (including phenoxy) is 3. The fourth-order valence-electron chi connectivity index (χ4n) is 17.6. The largest absolute Gasteiger partial charge is 0.501 e. The molecule has 72 heavy (non-hydrogen) atoms. The summed E-state index contributed by atoms with van der Waals surface area (Å²) >= 11 is 0. The van der Waals surface area contributed by atoms with Crippen molar-refractivity contribution in [3.8, 4) is 11.5 Å². The molecule has 3 aromatic heterocycles. The van der Waals surface area contributed by atoms with Crippen LogP contribution >= 0.6 is 0 Å². The molecule has 0 N–H and O–H groups in total. The number of nitrogens with zero attached hydrogens (tertiary/aromatic N) is 3. The molecule has 3 saturated carbocycles. The van der Waals surface area contributed by atoms with Crippen LogP contribution in [0.1, 0.15) is 170 Å². The highest BCUT2D eigenvalue weighted by Crippen LogP contribution is 2.56. The Labute approximate surface area is 430 Å². The third-order valence-corrected chi connectivity index (χ3v) is 20.5. The van der Waals surface area contributed by atoms with Gasteiger partial charge in [-0.3, -0.25) is 14.7 Å². The van der Waals surface area contributed by atoms with Gasteiger partial charge in [-0.1, -0.05) is 40.5 Å². The SMILES string of the molecule is CCC1CC2CC3c4oc5ccc(OC)cc5c4CC(C)N(C2)C13.CCCC1CC2CC3c4occ(/C=C(\C)OC)c4CC(CC)N(C2)C13.COc1ccc2oc3c(c2c1)CC(C)N1CC2CC(C)C1C3C2. The lowest BCUT2D eigenvalue weighted by atomic mass is 9.65. The lowest BCUT2D eigenvalue weighted by molar-refractivity contribution is -0.0451. The summed E-state index contributed by atoms with van der Waals surface area (Å²) in [5.41, 5.74) is 7.66. The second-order valence-corrected chi connectivity index (χ2v) is 24.6. The molecule has 0 radical (unpaired) electrons. The maximum Gasteiger partial charge on any atom is 0.134 e. The molecule has 9 aliphatic heterocycles. The highest BCUT2D eigenvalue weighted by Gasteiger charge is 2.54. The van der Waals surface area contributed by atoms with Crippen LogP contribution in [-0.4, -0.2) is 91.9 Å². The lowest BCUT2D eigenvalue weighted by Gasteiger charge is -2.55. The fraction of sp³-hybridized carbons (Fsp3) is 0.651. The van der Waals surface area contributed by atoms with Gasteiger partial charge in [0.25, 0.3) is 0 Å². The molecule has 0 spiro atoms. The average Bonchev–Trinajstić information content (AvgIpc) is 4.04. The molecule has 9 heteroatoms. The van der Waals surface area contributed by atoms with Gasteiger partial charge < -0.3 is 27.5 Å². The Balaban J connectivity index is 0.000000110. The van der Waals surface area contributed by atoms with Crippen molar-refractivity contribution in [2.75, 3.05) is 41.0 Å². The molecule has 17 rings (SSSR count). The molecule has 5 aromatic rings. The summed E-state index contributed by atoms with van der Waals surface area (Å²) in [6, 6.07) is 16.4. The standard InChI is InChI=1S/C22H33NO2.C21H27NO2.C20H25NO2/c1-5-7-16-9-15-10-20-21(16)23(12-15)18(6-2)11-19-17(8-14(3)24-4)13-25-22(19)20;1-4-14-8-13-9-18-20(14)22(11-13)12(2)7-17-16-10-15(23-3)5-6-19(16)24-21(17)18;1-11-6-13-8-17-19(11)21(10-13)12(2)7-16-15-9-14(22-3)4-5-18(15)23-20(16)17/h8,13,15-16,18,20-21H,5-7,9-12H2,1-4H3;5-6,10,12-14,18,20H,4,7-9,11H2,1-3H3;4-5,9,11-13,17,19H,6-8,10H2,1-3H3/b14-8+;;. The Kier molecular flexibility index (Phi) is 13.2. The van der Waals surface area contributed by atoms with Crippen molar-refractivity contribution in [2.24, 2.45) is 35.5 Å². The van der Waals surface area contributed by atoms with E-state index in [1.54, 1.807) is 21.3 Å². The Morgan fingerprint density at radius 2 is 1.15 bits per heavy atom. The number of hydrogen-bond donors (Lipinski definition) is 0. The minimum Gasteiger partial charge on any atom is -0.501 e. The Morgan fingerprint density at radius 1 is 0.611 bits per heavy atom. The first-order chi connectivity index (χ1) is 35.0. The lowest BCUT2D eigenvalue weighted by Crippen LogP contribution is -2.59. The van der Waals surface area contributed by atoms with Crippen molar-refractivity contribution < 1.29 is 27.5 Å². The van der Waals surface area contributed by atoms with E-state index in [1.165, 1.54) is 134 Å². The second-order valence-electron chi connectivity index (χ2n) is 24.6. The van der Waals surface area contributed by atoms with Crippen LogP contribution in [0.3, 0.4) is 0 Å². The molecule has 2 aromatic carbocycles. The molecule has 3 aliphatic carbocycles. The highest BCUT2D eigenvalue weighted by atomic mass is 16.5. The van der Waals surface area contributed by atoms with E-state index in [0.29, 0.717) is 54.0 Å². The molecule has 18 unspecified atom stereocenters. The zero-order valence-electron chi connectivity index (χ0n) is 45.4. The molecule has 12 bridgehead atoms. The van der Waals surface area contributed by atoms with E-state index in [4.69, 9.17) is 27.5 Å². The maximum atomic E-state index is 6.47. The molecule has 6 saturated heterocycles. The Hall–Kier alpha value is -4.18. The third-order valence-electron chi connectivity index (χ3n) is 20.5. The molecule has 388 valence electrons. The van der Waals surface area contributed by atoms with Crippen LogP contribution in [0, 0.1) is 35.5 Å². The first-order valence-electron chi connectivity index (χ1n) is 28.8. The van der Waals surface area contributed by atoms with E-state index in [0.717, 1.165) is 83.2 Å². The van der Waals surface area contributed by atoms with Gasteiger partial charge >= 0.3 is 0 Å². The monoisotopic (exact) mass is 980 g/mol. The van der Waals surface area contributed by atoms with Gasteiger partial charge in [0.2, 0.25) is 0 Å². The van der Waals surface area contributed by atoms with Crippen LogP contribution in [0.2, 0.25) is 0 Å². The number of piperidine rings is 6. The van der Waals surface area contributed by atoms with Gasteiger partial charge in [0.15, 0.2) is 0 Å².